The number of carboxylic acids is 1. The Labute approximate surface area is 150 Å². The first kappa shape index (κ1) is 19.2. The van der Waals surface area contributed by atoms with Gasteiger partial charge in [-0.1, -0.05) is 31.9 Å². The van der Waals surface area contributed by atoms with Crippen LogP contribution in [0, 0.1) is 0 Å². The number of rotatable bonds is 10. The molecule has 9 nitrogen and oxygen atoms in total. The molecule has 0 spiro atoms. The predicted octanol–water partition coefficient (Wildman–Crippen LogP) is 1.76. The van der Waals surface area contributed by atoms with E-state index in [2.05, 4.69) is 28.4 Å². The van der Waals surface area contributed by atoms with E-state index in [4.69, 9.17) is 9.84 Å². The largest absolute Gasteiger partial charge is 0.507 e. The Morgan fingerprint density at radius 3 is 2.85 bits per heavy atom. The third kappa shape index (κ3) is 4.95. The van der Waals surface area contributed by atoms with Crippen molar-refractivity contribution in [3.63, 3.8) is 0 Å². The minimum atomic E-state index is -1.19. The fourth-order valence-corrected chi connectivity index (χ4v) is 2.29. The molecule has 0 aromatic carbocycles. The van der Waals surface area contributed by atoms with Gasteiger partial charge in [-0.3, -0.25) is 9.59 Å². The Hall–Kier alpha value is -3.10. The number of hydrogen-bond acceptors (Lipinski definition) is 6. The number of aromatic nitrogens is 3. The highest BCUT2D eigenvalue weighted by Gasteiger charge is 2.21. The number of aliphatic carboxylic acids is 1. The lowest BCUT2D eigenvalue weighted by atomic mass is 10.2. The number of carboxylic acid groups (broad SMARTS) is 1. The van der Waals surface area contributed by atoms with Crippen LogP contribution >= 0.6 is 0 Å². The second-order valence-corrected chi connectivity index (χ2v) is 5.57. The van der Waals surface area contributed by atoms with Crippen molar-refractivity contribution in [3.8, 4) is 11.6 Å². The molecule has 140 valence electrons. The monoisotopic (exact) mass is 362 g/mol. The summed E-state index contributed by atoms with van der Waals surface area (Å²) >= 11 is 0. The maximum atomic E-state index is 12.1. The van der Waals surface area contributed by atoms with Gasteiger partial charge in [-0.05, 0) is 12.8 Å². The van der Waals surface area contributed by atoms with E-state index < -0.39 is 18.4 Å². The summed E-state index contributed by atoms with van der Waals surface area (Å²) < 4.78 is 6.91. The predicted molar refractivity (Wildman–Crippen MR) is 93.4 cm³/mol. The smallest absolute Gasteiger partial charge is 0.322 e. The lowest BCUT2D eigenvalue weighted by Crippen LogP contribution is -2.29. The van der Waals surface area contributed by atoms with Crippen LogP contribution in [-0.2, 0) is 4.79 Å². The maximum Gasteiger partial charge on any atom is 0.322 e. The number of fused-ring (bicyclic) bond motifs is 1. The van der Waals surface area contributed by atoms with E-state index >= 15 is 0 Å². The summed E-state index contributed by atoms with van der Waals surface area (Å²) in [5, 5.41) is 25.0. The molecule has 0 fully saturated rings. The number of nitrogens with one attached hydrogen (secondary N) is 1. The second-order valence-electron chi connectivity index (χ2n) is 5.57. The highest BCUT2D eigenvalue weighted by atomic mass is 16.5. The van der Waals surface area contributed by atoms with E-state index in [1.807, 2.05) is 6.08 Å². The standard InChI is InChI=1S/C17H22N4O5/c1-2-3-4-5-6-7-8-26-13-9-12(22)15(16-19-11-20-21(13)16)17(25)18-10-14(23)24/h5-6,9,11,22H,2-4,7-8,10H2,1H3,(H,18,25)(H,23,24)/b6-5-. The molecule has 26 heavy (non-hydrogen) atoms. The number of ether oxygens (including phenoxy) is 1. The molecule has 0 atom stereocenters. The molecule has 2 aromatic heterocycles. The van der Waals surface area contributed by atoms with Crippen LogP contribution in [0.4, 0.5) is 0 Å². The van der Waals surface area contributed by atoms with E-state index in [1.165, 1.54) is 16.9 Å². The van der Waals surface area contributed by atoms with Gasteiger partial charge in [-0.15, -0.1) is 0 Å². The van der Waals surface area contributed by atoms with E-state index in [9.17, 15) is 14.7 Å². The Kier molecular flexibility index (Phi) is 6.95. The van der Waals surface area contributed by atoms with E-state index in [1.54, 1.807) is 0 Å². The zero-order valence-electron chi connectivity index (χ0n) is 14.5. The van der Waals surface area contributed by atoms with Crippen molar-refractivity contribution in [1.29, 1.82) is 0 Å². The van der Waals surface area contributed by atoms with Gasteiger partial charge in [-0.2, -0.15) is 9.61 Å². The summed E-state index contributed by atoms with van der Waals surface area (Å²) in [6.07, 6.45) is 9.38. The number of unbranched alkanes of at least 4 members (excludes halogenated alkanes) is 2. The van der Waals surface area contributed by atoms with Gasteiger partial charge in [0.25, 0.3) is 5.91 Å². The van der Waals surface area contributed by atoms with Crippen LogP contribution in [0.3, 0.4) is 0 Å². The molecule has 0 aliphatic rings. The molecule has 0 aliphatic heterocycles. The maximum absolute atomic E-state index is 12.1. The number of aromatic hydroxyl groups is 1. The van der Waals surface area contributed by atoms with Gasteiger partial charge < -0.3 is 20.3 Å². The Morgan fingerprint density at radius 2 is 2.12 bits per heavy atom. The van der Waals surface area contributed by atoms with Crippen LogP contribution < -0.4 is 10.1 Å². The molecule has 2 rings (SSSR count). The van der Waals surface area contributed by atoms with Crippen molar-refractivity contribution < 1.29 is 24.5 Å². The molecule has 0 saturated heterocycles. The van der Waals surface area contributed by atoms with Crippen LogP contribution in [0.15, 0.2) is 24.5 Å². The van der Waals surface area contributed by atoms with Crippen LogP contribution in [0.2, 0.25) is 0 Å². The zero-order chi connectivity index (χ0) is 18.9. The van der Waals surface area contributed by atoms with Crippen LogP contribution in [0.1, 0.15) is 43.0 Å². The van der Waals surface area contributed by atoms with Gasteiger partial charge in [0.15, 0.2) is 5.65 Å². The number of carbonyl (C=O) groups is 2. The summed E-state index contributed by atoms with van der Waals surface area (Å²) in [7, 11) is 0. The first-order valence-electron chi connectivity index (χ1n) is 8.38. The van der Waals surface area contributed by atoms with Gasteiger partial charge in [0.2, 0.25) is 5.88 Å². The highest BCUT2D eigenvalue weighted by Crippen LogP contribution is 2.27. The SMILES string of the molecule is CCCC/C=C\CCOc1cc(O)c(C(=O)NCC(=O)O)c2ncnn12. The van der Waals surface area contributed by atoms with Gasteiger partial charge >= 0.3 is 5.97 Å². The van der Waals surface area contributed by atoms with Crippen LogP contribution in [0.5, 0.6) is 11.6 Å². The quantitative estimate of drug-likeness (QED) is 0.434. The summed E-state index contributed by atoms with van der Waals surface area (Å²) in [6, 6.07) is 1.26. The van der Waals surface area contributed by atoms with Crippen molar-refractivity contribution in [1.82, 2.24) is 19.9 Å². The van der Waals surface area contributed by atoms with Gasteiger partial charge in [-0.25, -0.2) is 4.98 Å². The molecule has 2 aromatic rings. The molecule has 2 heterocycles. The number of amides is 1. The van der Waals surface area contributed by atoms with E-state index in [-0.39, 0.29) is 22.8 Å². The third-order valence-corrected chi connectivity index (χ3v) is 3.55. The minimum absolute atomic E-state index is 0.0846. The van der Waals surface area contributed by atoms with Gasteiger partial charge in [0.1, 0.15) is 24.2 Å². The number of hydrogen-bond donors (Lipinski definition) is 3. The lowest BCUT2D eigenvalue weighted by molar-refractivity contribution is -0.135. The first-order valence-corrected chi connectivity index (χ1v) is 8.38. The molecule has 0 bridgehead atoms. The average Bonchev–Trinajstić information content (AvgIpc) is 3.08. The zero-order valence-corrected chi connectivity index (χ0v) is 14.5. The topological polar surface area (TPSA) is 126 Å². The number of allylic oxidation sites excluding steroid dienone is 1. The summed E-state index contributed by atoms with van der Waals surface area (Å²) in [5.41, 5.74) is -0.0723. The Balaban J connectivity index is 2.09. The Bertz CT molecular complexity index is 800. The first-order chi connectivity index (χ1) is 12.5. The third-order valence-electron chi connectivity index (χ3n) is 3.55. The highest BCUT2D eigenvalue weighted by molar-refractivity contribution is 6.03. The Morgan fingerprint density at radius 1 is 1.35 bits per heavy atom. The number of pyridine rings is 1. The van der Waals surface area contributed by atoms with Gasteiger partial charge in [0, 0.05) is 6.07 Å². The fraction of sp³-hybridized carbons (Fsp3) is 0.412. The van der Waals surface area contributed by atoms with E-state index in [0.29, 0.717) is 13.0 Å². The van der Waals surface area contributed by atoms with Crippen molar-refractivity contribution in [2.45, 2.75) is 32.6 Å². The fourth-order valence-electron chi connectivity index (χ4n) is 2.29. The molecular weight excluding hydrogens is 340 g/mol. The van der Waals surface area contributed by atoms with Crippen molar-refractivity contribution in [3.05, 3.63) is 30.1 Å². The van der Waals surface area contributed by atoms with Crippen LogP contribution in [-0.4, -0.2) is 49.8 Å². The van der Waals surface area contributed by atoms with Gasteiger partial charge in [0.05, 0.1) is 6.61 Å². The molecule has 9 heteroatoms. The molecule has 0 saturated carbocycles. The summed E-state index contributed by atoms with van der Waals surface area (Å²) in [6.45, 7) is 1.95. The molecular formula is C17H22N4O5. The molecule has 0 radical (unpaired) electrons. The number of nitrogens with zero attached hydrogens (tertiary/aromatic N) is 3. The number of carbonyl (C=O) groups excluding carboxylic acids is 1. The molecule has 0 unspecified atom stereocenters. The average molecular weight is 362 g/mol. The second kappa shape index (κ2) is 9.40. The minimum Gasteiger partial charge on any atom is -0.507 e. The van der Waals surface area contributed by atoms with Crippen molar-refractivity contribution >= 4 is 17.5 Å². The molecule has 1 amide bonds. The van der Waals surface area contributed by atoms with Crippen molar-refractivity contribution in [2.24, 2.45) is 0 Å². The molecule has 3 N–H and O–H groups in total. The lowest BCUT2D eigenvalue weighted by Gasteiger charge is -2.11. The molecule has 0 aliphatic carbocycles. The summed E-state index contributed by atoms with van der Waals surface area (Å²) in [5.74, 6) is -2.07. The summed E-state index contributed by atoms with van der Waals surface area (Å²) in [4.78, 5) is 26.7. The van der Waals surface area contributed by atoms with Crippen molar-refractivity contribution in [2.75, 3.05) is 13.2 Å². The normalized spacial score (nSPS) is 11.1. The van der Waals surface area contributed by atoms with E-state index in [0.717, 1.165) is 19.3 Å². The van der Waals surface area contributed by atoms with Crippen LogP contribution in [0.25, 0.3) is 5.65 Å².